The molecular formula is C8H14N6. The predicted molar refractivity (Wildman–Crippen MR) is 55.5 cm³/mol. The molecule has 0 aliphatic heterocycles. The molecule has 0 saturated heterocycles. The monoisotopic (exact) mass is 194 g/mol. The van der Waals surface area contributed by atoms with E-state index in [0.717, 1.165) is 5.69 Å². The lowest BCUT2D eigenvalue weighted by Crippen LogP contribution is -2.37. The van der Waals surface area contributed by atoms with E-state index in [-0.39, 0.29) is 6.04 Å². The third-order valence-corrected chi connectivity index (χ3v) is 1.35. The van der Waals surface area contributed by atoms with E-state index in [1.807, 2.05) is 13.8 Å². The lowest BCUT2D eigenvalue weighted by Gasteiger charge is -2.09. The third-order valence-electron chi connectivity index (χ3n) is 1.35. The molecule has 76 valence electrons. The number of aromatic nitrogens is 2. The van der Waals surface area contributed by atoms with Gasteiger partial charge in [-0.15, -0.1) is 0 Å². The second kappa shape index (κ2) is 5.13. The molecule has 0 atom stereocenters. The molecule has 0 bridgehead atoms. The normalized spacial score (nSPS) is 11.6. The molecule has 4 N–H and O–H groups in total. The van der Waals surface area contributed by atoms with Crippen molar-refractivity contribution < 1.29 is 0 Å². The van der Waals surface area contributed by atoms with Gasteiger partial charge < -0.3 is 5.32 Å². The van der Waals surface area contributed by atoms with Crippen molar-refractivity contribution in [1.82, 2.24) is 15.4 Å². The summed E-state index contributed by atoms with van der Waals surface area (Å²) in [6.45, 7) is 3.92. The molecule has 6 nitrogen and oxygen atoms in total. The number of guanidine groups is 1. The Morgan fingerprint density at radius 3 is 2.57 bits per heavy atom. The largest absolute Gasteiger partial charge is 0.323 e. The van der Waals surface area contributed by atoms with E-state index in [2.05, 4.69) is 25.7 Å². The molecule has 0 aromatic carbocycles. The third kappa shape index (κ3) is 3.36. The summed E-state index contributed by atoms with van der Waals surface area (Å²) < 4.78 is 0. The van der Waals surface area contributed by atoms with E-state index in [1.54, 1.807) is 12.4 Å². The molecule has 0 radical (unpaired) electrons. The van der Waals surface area contributed by atoms with Crippen LogP contribution in [0.4, 0.5) is 5.69 Å². The Balaban J connectivity index is 2.67. The summed E-state index contributed by atoms with van der Waals surface area (Å²) in [4.78, 5) is 11.9. The van der Waals surface area contributed by atoms with Gasteiger partial charge in [-0.05, 0) is 13.8 Å². The summed E-state index contributed by atoms with van der Waals surface area (Å²) >= 11 is 0. The Morgan fingerprint density at radius 1 is 1.43 bits per heavy atom. The molecule has 1 heterocycles. The number of hydrogen-bond acceptors (Lipinski definition) is 4. The highest BCUT2D eigenvalue weighted by atomic mass is 15.3. The van der Waals surface area contributed by atoms with Gasteiger partial charge in [-0.1, -0.05) is 0 Å². The fourth-order valence-electron chi connectivity index (χ4n) is 0.864. The van der Waals surface area contributed by atoms with E-state index in [4.69, 9.17) is 5.84 Å². The maximum Gasteiger partial charge on any atom is 0.210 e. The van der Waals surface area contributed by atoms with E-state index in [9.17, 15) is 0 Å². The molecule has 14 heavy (non-hydrogen) atoms. The Hall–Kier alpha value is -1.69. The first-order valence-corrected chi connectivity index (χ1v) is 4.29. The Bertz CT molecular complexity index is 294. The fourth-order valence-corrected chi connectivity index (χ4v) is 0.864. The lowest BCUT2D eigenvalue weighted by molar-refractivity contribution is 0.818. The molecule has 0 saturated carbocycles. The Kier molecular flexibility index (Phi) is 3.81. The highest BCUT2D eigenvalue weighted by Crippen LogP contribution is 1.99. The van der Waals surface area contributed by atoms with Crippen molar-refractivity contribution in [2.45, 2.75) is 19.9 Å². The minimum absolute atomic E-state index is 0.165. The SMILES string of the molecule is CC(C)N=C(NN)Nc1cncnc1. The van der Waals surface area contributed by atoms with E-state index < -0.39 is 0 Å². The van der Waals surface area contributed by atoms with Crippen molar-refractivity contribution in [3.05, 3.63) is 18.7 Å². The molecule has 1 aromatic heterocycles. The standard InChI is InChI=1S/C8H14N6/c1-6(2)12-8(14-9)13-7-3-10-5-11-4-7/h3-6H,9H2,1-2H3,(H2,12,13,14). The number of hydrazine groups is 1. The Labute approximate surface area is 82.6 Å². The molecule has 6 heteroatoms. The maximum absolute atomic E-state index is 5.28. The topological polar surface area (TPSA) is 88.2 Å². The molecule has 0 aliphatic rings. The zero-order valence-electron chi connectivity index (χ0n) is 8.23. The Morgan fingerprint density at radius 2 is 2.07 bits per heavy atom. The summed E-state index contributed by atoms with van der Waals surface area (Å²) in [5.74, 6) is 5.78. The van der Waals surface area contributed by atoms with Gasteiger partial charge in [0.15, 0.2) is 0 Å². The summed E-state index contributed by atoms with van der Waals surface area (Å²) in [7, 11) is 0. The smallest absolute Gasteiger partial charge is 0.210 e. The molecule has 0 amide bonds. The van der Waals surface area contributed by atoms with E-state index in [0.29, 0.717) is 5.96 Å². The molecule has 1 aromatic rings. The molecule has 1 rings (SSSR count). The number of rotatable bonds is 2. The first-order chi connectivity index (χ1) is 6.72. The van der Waals surface area contributed by atoms with Crippen LogP contribution < -0.4 is 16.6 Å². The number of hydrogen-bond donors (Lipinski definition) is 3. The fraction of sp³-hybridized carbons (Fsp3) is 0.375. The second-order valence-corrected chi connectivity index (χ2v) is 2.97. The zero-order valence-corrected chi connectivity index (χ0v) is 8.23. The highest BCUT2D eigenvalue weighted by Gasteiger charge is 1.98. The van der Waals surface area contributed by atoms with Crippen LogP contribution in [0.1, 0.15) is 13.8 Å². The van der Waals surface area contributed by atoms with Crippen molar-refractivity contribution in [2.75, 3.05) is 5.32 Å². The van der Waals surface area contributed by atoms with Gasteiger partial charge in [0, 0.05) is 6.04 Å². The van der Waals surface area contributed by atoms with Gasteiger partial charge >= 0.3 is 0 Å². The number of nitrogens with zero attached hydrogens (tertiary/aromatic N) is 3. The molecule has 0 unspecified atom stereocenters. The van der Waals surface area contributed by atoms with Crippen molar-refractivity contribution in [1.29, 1.82) is 0 Å². The van der Waals surface area contributed by atoms with Gasteiger partial charge in [-0.3, -0.25) is 5.43 Å². The number of aliphatic imine (C=N–C) groups is 1. The zero-order chi connectivity index (χ0) is 10.4. The lowest BCUT2D eigenvalue weighted by atomic mass is 10.4. The first-order valence-electron chi connectivity index (χ1n) is 4.29. The van der Waals surface area contributed by atoms with Crippen LogP contribution in [0.3, 0.4) is 0 Å². The number of nitrogens with one attached hydrogen (secondary N) is 2. The van der Waals surface area contributed by atoms with Gasteiger partial charge in [-0.2, -0.15) is 0 Å². The van der Waals surface area contributed by atoms with Crippen LogP contribution in [0.2, 0.25) is 0 Å². The van der Waals surface area contributed by atoms with Crippen LogP contribution in [0, 0.1) is 0 Å². The predicted octanol–water partition coefficient (Wildman–Crippen LogP) is 0.116. The van der Waals surface area contributed by atoms with Crippen LogP contribution in [0.15, 0.2) is 23.7 Å². The second-order valence-electron chi connectivity index (χ2n) is 2.97. The van der Waals surface area contributed by atoms with Crippen LogP contribution in [0.5, 0.6) is 0 Å². The van der Waals surface area contributed by atoms with Crippen LogP contribution in [-0.2, 0) is 0 Å². The average molecular weight is 194 g/mol. The summed E-state index contributed by atoms with van der Waals surface area (Å²) in [6, 6.07) is 0.165. The van der Waals surface area contributed by atoms with Crippen LogP contribution >= 0.6 is 0 Å². The quantitative estimate of drug-likeness (QED) is 0.269. The van der Waals surface area contributed by atoms with Gasteiger partial charge in [0.25, 0.3) is 0 Å². The van der Waals surface area contributed by atoms with Crippen molar-refractivity contribution in [3.8, 4) is 0 Å². The van der Waals surface area contributed by atoms with Gasteiger partial charge in [0.05, 0.1) is 18.1 Å². The minimum atomic E-state index is 0.165. The van der Waals surface area contributed by atoms with Gasteiger partial charge in [0.2, 0.25) is 5.96 Å². The van der Waals surface area contributed by atoms with E-state index in [1.165, 1.54) is 6.33 Å². The highest BCUT2D eigenvalue weighted by molar-refractivity contribution is 5.92. The van der Waals surface area contributed by atoms with Crippen LogP contribution in [-0.4, -0.2) is 22.0 Å². The molecule has 0 aliphatic carbocycles. The van der Waals surface area contributed by atoms with E-state index >= 15 is 0 Å². The minimum Gasteiger partial charge on any atom is -0.323 e. The number of nitrogens with two attached hydrogens (primary N) is 1. The first kappa shape index (κ1) is 10.4. The van der Waals surface area contributed by atoms with Gasteiger partial charge in [0.1, 0.15) is 6.33 Å². The molecular weight excluding hydrogens is 180 g/mol. The molecule has 0 spiro atoms. The van der Waals surface area contributed by atoms with Crippen molar-refractivity contribution >= 4 is 11.6 Å². The van der Waals surface area contributed by atoms with Crippen molar-refractivity contribution in [2.24, 2.45) is 10.8 Å². The molecule has 0 fully saturated rings. The van der Waals surface area contributed by atoms with Gasteiger partial charge in [-0.25, -0.2) is 20.8 Å². The summed E-state index contributed by atoms with van der Waals surface area (Å²) in [5, 5.41) is 2.95. The summed E-state index contributed by atoms with van der Waals surface area (Å²) in [5.41, 5.74) is 3.21. The van der Waals surface area contributed by atoms with Crippen LogP contribution in [0.25, 0.3) is 0 Å². The number of anilines is 1. The summed E-state index contributed by atoms with van der Waals surface area (Å²) in [6.07, 6.45) is 4.74. The van der Waals surface area contributed by atoms with Crippen molar-refractivity contribution in [3.63, 3.8) is 0 Å². The maximum atomic E-state index is 5.28. The average Bonchev–Trinajstić information content (AvgIpc) is 2.17.